The van der Waals surface area contributed by atoms with Crippen molar-refractivity contribution in [1.82, 2.24) is 0 Å². The van der Waals surface area contributed by atoms with Gasteiger partial charge in [-0.2, -0.15) is 0 Å². The maximum atomic E-state index is 8.34. The Morgan fingerprint density at radius 2 is 1.59 bits per heavy atom. The molecule has 0 spiro atoms. The zero-order valence-electron chi connectivity index (χ0n) is 9.77. The number of hydrogen-bond acceptors (Lipinski definition) is 5. The molecule has 0 aromatic carbocycles. The fourth-order valence-corrected chi connectivity index (χ4v) is 1.19. The van der Waals surface area contributed by atoms with E-state index in [1.807, 2.05) is 6.92 Å². The molecule has 9 N–H and O–H groups in total. The summed E-state index contributed by atoms with van der Waals surface area (Å²) < 4.78 is 4.81. The largest absolute Gasteiger partial charge is 0.412 e. The molecule has 0 bridgehead atoms. The summed E-state index contributed by atoms with van der Waals surface area (Å²) in [5.74, 6) is 0. The summed E-state index contributed by atoms with van der Waals surface area (Å²) in [5, 5.41) is 25.2. The average molecular weight is 386 g/mol. The Morgan fingerprint density at radius 1 is 1.24 bits per heavy atom. The number of alkyl halides is 1. The molecule has 0 heterocycles. The molecule has 108 valence electrons. The van der Waals surface area contributed by atoms with Crippen molar-refractivity contribution in [3.8, 4) is 0 Å². The molecule has 0 amide bonds. The van der Waals surface area contributed by atoms with Gasteiger partial charge < -0.3 is 32.0 Å². The van der Waals surface area contributed by atoms with E-state index in [0.717, 1.165) is 6.42 Å². The van der Waals surface area contributed by atoms with Crippen molar-refractivity contribution >= 4 is 35.0 Å². The smallest absolute Gasteiger partial charge is 0.0856 e. The van der Waals surface area contributed by atoms with E-state index in [-0.39, 0.29) is 16.3 Å². The van der Waals surface area contributed by atoms with E-state index in [1.165, 1.54) is 23.4 Å². The Bertz CT molecular complexity index is 133. The predicted octanol–water partition coefficient (Wildman–Crippen LogP) is -2.88. The quantitative estimate of drug-likeness (QED) is 0.284. The molecule has 7 nitrogen and oxygen atoms in total. The molecule has 0 saturated carbocycles. The van der Waals surface area contributed by atoms with Crippen molar-refractivity contribution < 1.29 is 29.3 Å². The zero-order valence-corrected chi connectivity index (χ0v) is 13.1. The van der Waals surface area contributed by atoms with Crippen LogP contribution in [0.2, 0.25) is 0 Å². The Labute approximate surface area is 121 Å². The fourth-order valence-electron chi connectivity index (χ4n) is 0.349. The van der Waals surface area contributed by atoms with Gasteiger partial charge in [-0.25, -0.2) is 0 Å². The second-order valence-electron chi connectivity index (χ2n) is 3.14. The van der Waals surface area contributed by atoms with Crippen molar-refractivity contribution in [3.05, 3.63) is 0 Å². The van der Waals surface area contributed by atoms with Gasteiger partial charge in [-0.05, 0) is 0 Å². The van der Waals surface area contributed by atoms with E-state index >= 15 is 0 Å². The summed E-state index contributed by atoms with van der Waals surface area (Å²) >= 11 is 7.00. The van der Waals surface area contributed by atoms with Gasteiger partial charge in [0.05, 0.1) is 25.4 Å². The number of halogens is 1. The number of nitrogens with two attached hydrogens (primary N) is 1. The van der Waals surface area contributed by atoms with Gasteiger partial charge in [-0.15, -0.1) is 0 Å². The summed E-state index contributed by atoms with van der Waals surface area (Å²) in [5.41, 5.74) is 3.94. The minimum atomic E-state index is -1.21. The van der Waals surface area contributed by atoms with Crippen molar-refractivity contribution in [3.63, 3.8) is 0 Å². The molecule has 1 unspecified atom stereocenters. The monoisotopic (exact) mass is 385 g/mol. The molecule has 0 aromatic heterocycles. The molecule has 0 fully saturated rings. The predicted molar refractivity (Wildman–Crippen MR) is 67.0 cm³/mol. The van der Waals surface area contributed by atoms with Crippen LogP contribution < -0.4 is 5.73 Å². The van der Waals surface area contributed by atoms with Crippen LogP contribution in [0.1, 0.15) is 13.3 Å². The van der Waals surface area contributed by atoms with Gasteiger partial charge in [0, 0.05) is 0 Å². The summed E-state index contributed by atoms with van der Waals surface area (Å²) in [4.78, 5) is 0. The Morgan fingerprint density at radius 3 is 1.65 bits per heavy atom. The average Bonchev–Trinajstić information content (AvgIpc) is 2.29. The van der Waals surface area contributed by atoms with Gasteiger partial charge in [0.25, 0.3) is 0 Å². The normalized spacial score (nSPS) is 11.5. The SMILES string of the molecule is CCC(Cl)C[O][Sb].NC(CO)(CO)CO.O.O. The molecule has 17 heavy (non-hydrogen) atoms. The minimum absolute atomic E-state index is 0. The second kappa shape index (κ2) is 16.8. The van der Waals surface area contributed by atoms with E-state index in [1.54, 1.807) is 0 Å². The maximum absolute atomic E-state index is 8.34. The van der Waals surface area contributed by atoms with Crippen molar-refractivity contribution in [2.75, 3.05) is 26.4 Å². The molecule has 2 radical (unpaired) electrons. The van der Waals surface area contributed by atoms with Crippen LogP contribution in [0.15, 0.2) is 0 Å². The molecular formula is C8H23ClNO6Sb. The van der Waals surface area contributed by atoms with E-state index in [4.69, 9.17) is 35.7 Å². The van der Waals surface area contributed by atoms with Crippen LogP contribution in [-0.4, -0.2) is 87.1 Å². The van der Waals surface area contributed by atoms with Crippen molar-refractivity contribution in [1.29, 1.82) is 0 Å². The zero-order chi connectivity index (χ0) is 12.3. The first-order valence-electron chi connectivity index (χ1n) is 4.51. The molecular weight excluding hydrogens is 363 g/mol. The molecule has 0 aliphatic rings. The number of rotatable bonds is 6. The number of aliphatic hydroxyl groups excluding tert-OH is 3. The first kappa shape index (κ1) is 26.4. The van der Waals surface area contributed by atoms with Crippen LogP contribution in [0.4, 0.5) is 0 Å². The van der Waals surface area contributed by atoms with Crippen molar-refractivity contribution in [2.24, 2.45) is 5.73 Å². The van der Waals surface area contributed by atoms with Crippen LogP contribution in [0.3, 0.4) is 0 Å². The first-order valence-corrected chi connectivity index (χ1v) is 5.99. The summed E-state index contributed by atoms with van der Waals surface area (Å²) in [6, 6.07) is 0. The third-order valence-corrected chi connectivity index (χ3v) is 2.50. The van der Waals surface area contributed by atoms with Gasteiger partial charge in [-0.1, -0.05) is 0 Å². The van der Waals surface area contributed by atoms with Crippen LogP contribution in [-0.2, 0) is 3.02 Å². The molecule has 1 atom stereocenters. The van der Waals surface area contributed by atoms with E-state index < -0.39 is 25.4 Å². The van der Waals surface area contributed by atoms with Gasteiger partial charge in [-0.3, -0.25) is 0 Å². The van der Waals surface area contributed by atoms with Gasteiger partial charge in [0.15, 0.2) is 0 Å². The van der Waals surface area contributed by atoms with Crippen LogP contribution in [0.25, 0.3) is 0 Å². The molecule has 9 heteroatoms. The minimum Gasteiger partial charge on any atom is -0.412 e. The maximum Gasteiger partial charge on any atom is 0.0856 e. The van der Waals surface area contributed by atoms with Gasteiger partial charge >= 0.3 is 63.4 Å². The molecule has 0 saturated heterocycles. The van der Waals surface area contributed by atoms with E-state index in [2.05, 4.69) is 0 Å². The second-order valence-corrected chi connectivity index (χ2v) is 4.49. The number of aliphatic hydroxyl groups is 3. The Kier molecular flexibility index (Phi) is 26.1. The molecule has 0 aliphatic carbocycles. The van der Waals surface area contributed by atoms with Gasteiger partial charge in [0.1, 0.15) is 0 Å². The van der Waals surface area contributed by atoms with Crippen LogP contribution in [0.5, 0.6) is 0 Å². The standard InChI is InChI=1S/C4H8ClO.C4H11NO3.2H2O.Sb/c1-2-4(5)3-6;5-4(1-6,2-7)3-8;;;/h4H,2-3H2,1H3;6-8H,1-3,5H2;2*1H2;/q-1;;;;+1. The van der Waals surface area contributed by atoms with E-state index in [0.29, 0.717) is 6.61 Å². The summed E-state index contributed by atoms with van der Waals surface area (Å²) in [6.45, 7) is 1.52. The summed E-state index contributed by atoms with van der Waals surface area (Å²) in [7, 11) is 0. The van der Waals surface area contributed by atoms with Crippen LogP contribution >= 0.6 is 11.6 Å². The fraction of sp³-hybridized carbons (Fsp3) is 1.00. The summed E-state index contributed by atoms with van der Waals surface area (Å²) in [6.07, 6.45) is 0.990. The van der Waals surface area contributed by atoms with Crippen LogP contribution in [0, 0.1) is 0 Å². The van der Waals surface area contributed by atoms with E-state index in [9.17, 15) is 0 Å². The van der Waals surface area contributed by atoms with Gasteiger partial charge in [0.2, 0.25) is 0 Å². The first-order chi connectivity index (χ1) is 6.99. The topological polar surface area (TPSA) is 159 Å². The Hall–Kier alpha value is 0.828. The molecule has 0 aliphatic heterocycles. The Balaban J connectivity index is -0.0000000896. The van der Waals surface area contributed by atoms with Crippen molar-refractivity contribution in [2.45, 2.75) is 24.3 Å². The molecule has 0 aromatic rings. The number of hydrogen-bond donors (Lipinski definition) is 4. The third kappa shape index (κ3) is 16.8. The third-order valence-electron chi connectivity index (χ3n) is 1.64. The molecule has 0 rings (SSSR count).